The van der Waals surface area contributed by atoms with E-state index in [1.165, 1.54) is 0 Å². The minimum Gasteiger partial charge on any atom is -0.331 e. The van der Waals surface area contributed by atoms with Gasteiger partial charge in [0.15, 0.2) is 0 Å². The molecule has 0 saturated heterocycles. The Kier molecular flexibility index (Phi) is 3.96. The van der Waals surface area contributed by atoms with E-state index in [-0.39, 0.29) is 11.3 Å². The zero-order valence-corrected chi connectivity index (χ0v) is 10.9. The predicted molar refractivity (Wildman–Crippen MR) is 70.9 cm³/mol. The van der Waals surface area contributed by atoms with Gasteiger partial charge in [-0.1, -0.05) is 44.9 Å². The average Bonchev–Trinajstić information content (AvgIpc) is 2.27. The van der Waals surface area contributed by atoms with Crippen molar-refractivity contribution in [3.05, 3.63) is 35.4 Å². The summed E-state index contributed by atoms with van der Waals surface area (Å²) in [5, 5.41) is 0. The van der Waals surface area contributed by atoms with Gasteiger partial charge in [0.2, 0.25) is 0 Å². The molecule has 0 aliphatic rings. The Morgan fingerprint density at radius 2 is 1.94 bits per heavy atom. The van der Waals surface area contributed by atoms with Crippen LogP contribution in [0.1, 0.15) is 36.7 Å². The van der Waals surface area contributed by atoms with Crippen LogP contribution in [0.2, 0.25) is 0 Å². The molecule has 2 nitrogen and oxygen atoms in total. The highest BCUT2D eigenvalue weighted by molar-refractivity contribution is 5.96. The Bertz CT molecular complexity index is 449. The van der Waals surface area contributed by atoms with E-state index in [9.17, 15) is 4.79 Å². The molecule has 0 unspecified atom stereocenters. The lowest BCUT2D eigenvalue weighted by Gasteiger charge is -2.24. The molecule has 0 heterocycles. The van der Waals surface area contributed by atoms with Gasteiger partial charge in [0, 0.05) is 12.6 Å². The Balaban J connectivity index is 3.15. The van der Waals surface area contributed by atoms with Gasteiger partial charge in [0.05, 0.1) is 6.54 Å². The molecular weight excluding hydrogens is 210 g/mol. The van der Waals surface area contributed by atoms with Crippen LogP contribution in [0.15, 0.2) is 24.3 Å². The van der Waals surface area contributed by atoms with Crippen molar-refractivity contribution in [2.45, 2.75) is 26.2 Å². The van der Waals surface area contributed by atoms with Crippen LogP contribution in [0.3, 0.4) is 0 Å². The Morgan fingerprint density at radius 1 is 1.35 bits per heavy atom. The lowest BCUT2D eigenvalue weighted by atomic mass is 9.83. The van der Waals surface area contributed by atoms with Gasteiger partial charge in [-0.3, -0.25) is 4.79 Å². The molecule has 0 aliphatic carbocycles. The van der Waals surface area contributed by atoms with Crippen molar-refractivity contribution in [2.75, 3.05) is 13.6 Å². The van der Waals surface area contributed by atoms with E-state index in [0.717, 1.165) is 11.1 Å². The molecule has 0 radical (unpaired) electrons. The van der Waals surface area contributed by atoms with Gasteiger partial charge < -0.3 is 4.90 Å². The first-order chi connectivity index (χ1) is 7.88. The van der Waals surface area contributed by atoms with Crippen LogP contribution >= 0.6 is 0 Å². The number of rotatable bonds is 2. The first kappa shape index (κ1) is 13.3. The number of nitrogens with zero attached hydrogens (tertiary/aromatic N) is 1. The topological polar surface area (TPSA) is 20.3 Å². The van der Waals surface area contributed by atoms with E-state index in [0.29, 0.717) is 6.54 Å². The van der Waals surface area contributed by atoms with Gasteiger partial charge in [0.25, 0.3) is 5.91 Å². The van der Waals surface area contributed by atoms with Gasteiger partial charge in [-0.15, -0.1) is 6.42 Å². The van der Waals surface area contributed by atoms with Crippen LogP contribution in [-0.4, -0.2) is 24.4 Å². The molecule has 0 atom stereocenters. The molecule has 0 aliphatic heterocycles. The third kappa shape index (κ3) is 3.10. The number of terminal acetylenes is 1. The monoisotopic (exact) mass is 229 g/mol. The van der Waals surface area contributed by atoms with Gasteiger partial charge in [-0.25, -0.2) is 0 Å². The molecule has 1 aromatic rings. The van der Waals surface area contributed by atoms with E-state index in [1.54, 1.807) is 11.9 Å². The lowest BCUT2D eigenvalue weighted by Crippen LogP contribution is -2.29. The molecule has 0 fully saturated rings. The van der Waals surface area contributed by atoms with Crippen molar-refractivity contribution >= 4 is 5.91 Å². The van der Waals surface area contributed by atoms with Crippen molar-refractivity contribution in [3.8, 4) is 12.3 Å². The van der Waals surface area contributed by atoms with Gasteiger partial charge in [0.1, 0.15) is 0 Å². The molecule has 1 rings (SSSR count). The molecule has 2 heteroatoms. The van der Waals surface area contributed by atoms with Gasteiger partial charge >= 0.3 is 0 Å². The minimum atomic E-state index is -0.0523. The summed E-state index contributed by atoms with van der Waals surface area (Å²) in [5.41, 5.74) is 1.73. The van der Waals surface area contributed by atoms with Crippen molar-refractivity contribution < 1.29 is 4.79 Å². The summed E-state index contributed by atoms with van der Waals surface area (Å²) in [6.45, 7) is 6.62. The molecule has 0 saturated carbocycles. The molecule has 90 valence electrons. The maximum absolute atomic E-state index is 12.2. The summed E-state index contributed by atoms with van der Waals surface area (Å²) in [6.07, 6.45) is 5.23. The first-order valence-electron chi connectivity index (χ1n) is 5.66. The maximum Gasteiger partial charge on any atom is 0.254 e. The van der Waals surface area contributed by atoms with Crippen LogP contribution < -0.4 is 0 Å². The Labute approximate surface area is 104 Å². The molecule has 17 heavy (non-hydrogen) atoms. The number of carbonyl (C=O) groups excluding carboxylic acids is 1. The SMILES string of the molecule is C#CCN(C)C(=O)c1ccccc1C(C)(C)C. The van der Waals surface area contributed by atoms with E-state index in [4.69, 9.17) is 6.42 Å². The zero-order chi connectivity index (χ0) is 13.1. The first-order valence-corrected chi connectivity index (χ1v) is 5.66. The van der Waals surface area contributed by atoms with E-state index in [2.05, 4.69) is 26.7 Å². The largest absolute Gasteiger partial charge is 0.331 e. The normalized spacial score (nSPS) is 10.8. The molecule has 1 amide bonds. The highest BCUT2D eigenvalue weighted by atomic mass is 16.2. The standard InChI is InChI=1S/C15H19NO/c1-6-11-16(5)14(17)12-9-7-8-10-13(12)15(2,3)4/h1,7-10H,11H2,2-5H3. The van der Waals surface area contributed by atoms with Crippen molar-refractivity contribution in [1.82, 2.24) is 4.90 Å². The second kappa shape index (κ2) is 5.05. The summed E-state index contributed by atoms with van der Waals surface area (Å²) in [6, 6.07) is 7.69. The molecule has 0 aromatic heterocycles. The summed E-state index contributed by atoms with van der Waals surface area (Å²) < 4.78 is 0. The van der Waals surface area contributed by atoms with Crippen LogP contribution in [0, 0.1) is 12.3 Å². The van der Waals surface area contributed by atoms with Crippen LogP contribution in [-0.2, 0) is 5.41 Å². The fourth-order valence-electron chi connectivity index (χ4n) is 1.74. The van der Waals surface area contributed by atoms with Gasteiger partial charge in [-0.05, 0) is 17.0 Å². The van der Waals surface area contributed by atoms with Gasteiger partial charge in [-0.2, -0.15) is 0 Å². The zero-order valence-electron chi connectivity index (χ0n) is 10.9. The molecular formula is C15H19NO. The molecule has 0 N–H and O–H groups in total. The maximum atomic E-state index is 12.2. The number of benzene rings is 1. The van der Waals surface area contributed by atoms with E-state index >= 15 is 0 Å². The van der Waals surface area contributed by atoms with Crippen molar-refractivity contribution in [1.29, 1.82) is 0 Å². The summed E-state index contributed by atoms with van der Waals surface area (Å²) in [7, 11) is 1.72. The third-order valence-corrected chi connectivity index (χ3v) is 2.64. The average molecular weight is 229 g/mol. The Hall–Kier alpha value is -1.75. The summed E-state index contributed by atoms with van der Waals surface area (Å²) in [5.74, 6) is 2.46. The molecule has 1 aromatic carbocycles. The smallest absolute Gasteiger partial charge is 0.254 e. The van der Waals surface area contributed by atoms with E-state index < -0.39 is 0 Å². The second-order valence-corrected chi connectivity index (χ2v) is 5.16. The molecule has 0 spiro atoms. The number of carbonyl (C=O) groups is 1. The third-order valence-electron chi connectivity index (χ3n) is 2.64. The number of amides is 1. The fourth-order valence-corrected chi connectivity index (χ4v) is 1.74. The van der Waals surface area contributed by atoms with Crippen LogP contribution in [0.4, 0.5) is 0 Å². The van der Waals surface area contributed by atoms with Crippen LogP contribution in [0.5, 0.6) is 0 Å². The quantitative estimate of drug-likeness (QED) is 0.714. The second-order valence-electron chi connectivity index (χ2n) is 5.16. The highest BCUT2D eigenvalue weighted by Gasteiger charge is 2.22. The van der Waals surface area contributed by atoms with Crippen molar-refractivity contribution in [2.24, 2.45) is 0 Å². The van der Waals surface area contributed by atoms with Crippen LogP contribution in [0.25, 0.3) is 0 Å². The highest BCUT2D eigenvalue weighted by Crippen LogP contribution is 2.26. The predicted octanol–water partition coefficient (Wildman–Crippen LogP) is 2.69. The summed E-state index contributed by atoms with van der Waals surface area (Å²) in [4.78, 5) is 13.8. The fraction of sp³-hybridized carbons (Fsp3) is 0.400. The number of hydrogen-bond acceptors (Lipinski definition) is 1. The molecule has 0 bridgehead atoms. The minimum absolute atomic E-state index is 0.0199. The lowest BCUT2D eigenvalue weighted by molar-refractivity contribution is 0.0810. The van der Waals surface area contributed by atoms with Crippen molar-refractivity contribution in [3.63, 3.8) is 0 Å². The van der Waals surface area contributed by atoms with E-state index in [1.807, 2.05) is 24.3 Å². The number of hydrogen-bond donors (Lipinski definition) is 0. The summed E-state index contributed by atoms with van der Waals surface area (Å²) >= 11 is 0. The Morgan fingerprint density at radius 3 is 2.47 bits per heavy atom.